The minimum absolute atomic E-state index is 0.0423. The molecule has 0 saturated carbocycles. The number of carbonyl (C=O) groups is 1. The first-order valence-corrected chi connectivity index (χ1v) is 6.50. The summed E-state index contributed by atoms with van der Waals surface area (Å²) in [5, 5.41) is 0.455. The molecule has 0 aromatic heterocycles. The second-order valence-corrected chi connectivity index (χ2v) is 5.22. The van der Waals surface area contributed by atoms with E-state index in [1.807, 2.05) is 0 Å². The smallest absolute Gasteiger partial charge is 0.159 e. The molecule has 1 nitrogen and oxygen atoms in total. The third kappa shape index (κ3) is 2.92. The molecule has 0 spiro atoms. The third-order valence-corrected chi connectivity index (χ3v) is 3.95. The van der Waals surface area contributed by atoms with Gasteiger partial charge in [-0.1, -0.05) is 41.6 Å². The summed E-state index contributed by atoms with van der Waals surface area (Å²) in [5.74, 6) is -0.325. The van der Waals surface area contributed by atoms with Crippen molar-refractivity contribution in [2.45, 2.75) is 16.7 Å². The number of rotatable bonds is 3. The van der Waals surface area contributed by atoms with Crippen molar-refractivity contribution in [1.29, 1.82) is 0 Å². The van der Waals surface area contributed by atoms with Crippen molar-refractivity contribution in [1.82, 2.24) is 0 Å². The summed E-state index contributed by atoms with van der Waals surface area (Å²) in [6, 6.07) is 11.5. The normalized spacial score (nSPS) is 10.4. The van der Waals surface area contributed by atoms with Gasteiger partial charge in [0.1, 0.15) is 5.82 Å². The lowest BCUT2D eigenvalue weighted by Gasteiger charge is -2.06. The van der Waals surface area contributed by atoms with E-state index < -0.39 is 0 Å². The quantitative estimate of drug-likeness (QED) is 0.749. The van der Waals surface area contributed by atoms with Crippen LogP contribution in [0.1, 0.15) is 17.3 Å². The maximum atomic E-state index is 13.5. The summed E-state index contributed by atoms with van der Waals surface area (Å²) in [6.45, 7) is 1.48. The van der Waals surface area contributed by atoms with Crippen LogP contribution in [0.4, 0.5) is 4.39 Å². The van der Waals surface area contributed by atoms with Crippen molar-refractivity contribution < 1.29 is 9.18 Å². The highest BCUT2D eigenvalue weighted by Gasteiger charge is 2.08. The Kier molecular flexibility index (Phi) is 4.04. The number of ketones is 1. The topological polar surface area (TPSA) is 17.1 Å². The van der Waals surface area contributed by atoms with E-state index in [9.17, 15) is 9.18 Å². The number of benzene rings is 2. The Morgan fingerprint density at radius 3 is 2.50 bits per heavy atom. The Hall–Kier alpha value is -1.32. The van der Waals surface area contributed by atoms with Crippen molar-refractivity contribution in [3.05, 3.63) is 58.9 Å². The number of carbonyl (C=O) groups excluding carboxylic acids is 1. The Morgan fingerprint density at radius 1 is 1.17 bits per heavy atom. The molecule has 0 fully saturated rings. The highest BCUT2D eigenvalue weighted by molar-refractivity contribution is 7.99. The number of hydrogen-bond acceptors (Lipinski definition) is 2. The van der Waals surface area contributed by atoms with Crippen LogP contribution in [0.3, 0.4) is 0 Å². The summed E-state index contributed by atoms with van der Waals surface area (Å²) in [7, 11) is 0. The van der Waals surface area contributed by atoms with Gasteiger partial charge >= 0.3 is 0 Å². The first-order chi connectivity index (χ1) is 8.58. The second-order valence-electron chi connectivity index (χ2n) is 3.73. The summed E-state index contributed by atoms with van der Waals surface area (Å²) in [5.41, 5.74) is 0.554. The first-order valence-electron chi connectivity index (χ1n) is 5.31. The molecule has 0 heterocycles. The van der Waals surface area contributed by atoms with Crippen LogP contribution in [0.5, 0.6) is 0 Å². The highest BCUT2D eigenvalue weighted by atomic mass is 35.5. The van der Waals surface area contributed by atoms with E-state index >= 15 is 0 Å². The fourth-order valence-corrected chi connectivity index (χ4v) is 2.59. The number of halogens is 2. The van der Waals surface area contributed by atoms with Crippen LogP contribution >= 0.6 is 23.4 Å². The van der Waals surface area contributed by atoms with E-state index in [2.05, 4.69) is 0 Å². The molecule has 0 bridgehead atoms. The molecule has 0 radical (unpaired) electrons. The second kappa shape index (κ2) is 5.55. The van der Waals surface area contributed by atoms with Gasteiger partial charge in [0.05, 0.1) is 5.02 Å². The zero-order chi connectivity index (χ0) is 13.1. The molecule has 0 atom stereocenters. The van der Waals surface area contributed by atoms with Gasteiger partial charge < -0.3 is 0 Å². The minimum Gasteiger partial charge on any atom is -0.295 e. The molecule has 0 N–H and O–H groups in total. The first kappa shape index (κ1) is 13.1. The predicted molar refractivity (Wildman–Crippen MR) is 72.0 cm³/mol. The third-order valence-electron chi connectivity index (χ3n) is 2.39. The van der Waals surface area contributed by atoms with Crippen LogP contribution in [0.15, 0.2) is 52.3 Å². The average molecular weight is 281 g/mol. The summed E-state index contributed by atoms with van der Waals surface area (Å²) in [6.07, 6.45) is 0. The molecule has 0 unspecified atom stereocenters. The maximum absolute atomic E-state index is 13.5. The van der Waals surface area contributed by atoms with E-state index in [-0.39, 0.29) is 11.6 Å². The van der Waals surface area contributed by atoms with Gasteiger partial charge in [0, 0.05) is 15.4 Å². The van der Waals surface area contributed by atoms with Crippen LogP contribution in [0.25, 0.3) is 0 Å². The average Bonchev–Trinajstić information content (AvgIpc) is 2.34. The molecule has 18 heavy (non-hydrogen) atoms. The lowest BCUT2D eigenvalue weighted by Crippen LogP contribution is -1.91. The molecule has 0 aliphatic carbocycles. The SMILES string of the molecule is CC(=O)c1ccc(Sc2ccccc2F)c(Cl)c1. The monoisotopic (exact) mass is 280 g/mol. The molecule has 2 aromatic carbocycles. The van der Waals surface area contributed by atoms with Crippen molar-refractivity contribution in [3.8, 4) is 0 Å². The molecule has 0 saturated heterocycles. The van der Waals surface area contributed by atoms with Gasteiger partial charge in [0.15, 0.2) is 5.78 Å². The van der Waals surface area contributed by atoms with Gasteiger partial charge in [0.2, 0.25) is 0 Å². The molecule has 2 aromatic rings. The minimum atomic E-state index is -0.283. The molecule has 2 rings (SSSR count). The van der Waals surface area contributed by atoms with E-state index in [1.54, 1.807) is 36.4 Å². The van der Waals surface area contributed by atoms with Crippen LogP contribution in [-0.2, 0) is 0 Å². The highest BCUT2D eigenvalue weighted by Crippen LogP contribution is 2.35. The van der Waals surface area contributed by atoms with E-state index in [0.717, 1.165) is 4.90 Å². The van der Waals surface area contributed by atoms with Crippen LogP contribution in [-0.4, -0.2) is 5.78 Å². The standard InChI is InChI=1S/C14H10ClFOS/c1-9(17)10-6-7-13(11(15)8-10)18-14-5-3-2-4-12(14)16/h2-8H,1H3. The van der Waals surface area contributed by atoms with Gasteiger partial charge in [-0.15, -0.1) is 0 Å². The lowest BCUT2D eigenvalue weighted by molar-refractivity contribution is 0.101. The maximum Gasteiger partial charge on any atom is 0.159 e. The van der Waals surface area contributed by atoms with Gasteiger partial charge in [-0.3, -0.25) is 4.79 Å². The van der Waals surface area contributed by atoms with Crippen molar-refractivity contribution in [2.75, 3.05) is 0 Å². The van der Waals surface area contributed by atoms with E-state index in [1.165, 1.54) is 24.8 Å². The Labute approximate surface area is 114 Å². The van der Waals surface area contributed by atoms with Crippen LogP contribution < -0.4 is 0 Å². The molecule has 0 aliphatic rings. The van der Waals surface area contributed by atoms with Gasteiger partial charge in [0.25, 0.3) is 0 Å². The molecular weight excluding hydrogens is 271 g/mol. The zero-order valence-electron chi connectivity index (χ0n) is 9.61. The fraction of sp³-hybridized carbons (Fsp3) is 0.0714. The van der Waals surface area contributed by atoms with Gasteiger partial charge in [-0.2, -0.15) is 0 Å². The van der Waals surface area contributed by atoms with Crippen LogP contribution in [0, 0.1) is 5.82 Å². The molecule has 0 amide bonds. The zero-order valence-corrected chi connectivity index (χ0v) is 11.2. The Bertz CT molecular complexity index is 598. The van der Waals surface area contributed by atoms with E-state index in [4.69, 9.17) is 11.6 Å². The Balaban J connectivity index is 2.30. The summed E-state index contributed by atoms with van der Waals surface area (Å²) >= 11 is 7.32. The van der Waals surface area contributed by atoms with Crippen molar-refractivity contribution in [3.63, 3.8) is 0 Å². The lowest BCUT2D eigenvalue weighted by atomic mass is 10.1. The van der Waals surface area contributed by atoms with Gasteiger partial charge in [-0.05, 0) is 31.2 Å². The largest absolute Gasteiger partial charge is 0.295 e. The van der Waals surface area contributed by atoms with Crippen molar-refractivity contribution >= 4 is 29.1 Å². The Morgan fingerprint density at radius 2 is 1.89 bits per heavy atom. The molecule has 4 heteroatoms. The predicted octanol–water partition coefficient (Wildman–Crippen LogP) is 4.83. The van der Waals surface area contributed by atoms with E-state index in [0.29, 0.717) is 15.5 Å². The number of Topliss-reactive ketones (excluding diaryl/α,β-unsaturated/α-hetero) is 1. The van der Waals surface area contributed by atoms with Gasteiger partial charge in [-0.25, -0.2) is 4.39 Å². The summed E-state index contributed by atoms with van der Waals surface area (Å²) < 4.78 is 13.5. The number of hydrogen-bond donors (Lipinski definition) is 0. The summed E-state index contributed by atoms with van der Waals surface area (Å²) in [4.78, 5) is 12.4. The van der Waals surface area contributed by atoms with Crippen LogP contribution in [0.2, 0.25) is 5.02 Å². The molecule has 92 valence electrons. The molecular formula is C14H10ClFOS. The fourth-order valence-electron chi connectivity index (χ4n) is 1.45. The van der Waals surface area contributed by atoms with Crippen molar-refractivity contribution in [2.24, 2.45) is 0 Å². The molecule has 0 aliphatic heterocycles.